The number of methoxy groups -OCH3 is 1. The lowest BCUT2D eigenvalue weighted by Crippen LogP contribution is -2.54. The smallest absolute Gasteiger partial charge is 0.251 e. The first kappa shape index (κ1) is 25.1. The minimum Gasteiger partial charge on any atom is -0.494 e. The second kappa shape index (κ2) is 11.2. The van der Waals surface area contributed by atoms with Gasteiger partial charge in [0.25, 0.3) is 5.91 Å². The zero-order chi connectivity index (χ0) is 25.7. The highest BCUT2D eigenvalue weighted by Crippen LogP contribution is 2.25. The van der Waals surface area contributed by atoms with Crippen LogP contribution >= 0.6 is 0 Å². The van der Waals surface area contributed by atoms with Crippen molar-refractivity contribution in [2.24, 2.45) is 0 Å². The lowest BCUT2D eigenvalue weighted by atomic mass is 10.1. The van der Waals surface area contributed by atoms with E-state index in [1.165, 1.54) is 38.7 Å². The third-order valence-electron chi connectivity index (χ3n) is 5.73. The van der Waals surface area contributed by atoms with Crippen molar-refractivity contribution in [3.05, 3.63) is 59.8 Å². The molecule has 0 unspecified atom stereocenters. The summed E-state index contributed by atoms with van der Waals surface area (Å²) in [4.78, 5) is 27.3. The van der Waals surface area contributed by atoms with Gasteiger partial charge < -0.3 is 30.3 Å². The van der Waals surface area contributed by atoms with Gasteiger partial charge in [0, 0.05) is 43.3 Å². The summed E-state index contributed by atoms with van der Waals surface area (Å²) in [5.74, 6) is 0.661. The number of carbonyl (C=O) groups excluding carboxylic acids is 1. The number of ether oxygens (including phenoxy) is 2. The Morgan fingerprint density at radius 3 is 2.47 bits per heavy atom. The van der Waals surface area contributed by atoms with Crippen LogP contribution in [0.1, 0.15) is 29.8 Å². The van der Waals surface area contributed by atoms with Crippen molar-refractivity contribution in [2.75, 3.05) is 37.5 Å². The Hall–Kier alpha value is -3.99. The van der Waals surface area contributed by atoms with E-state index in [4.69, 9.17) is 9.47 Å². The second-order valence-corrected chi connectivity index (χ2v) is 8.67. The number of halogens is 1. The van der Waals surface area contributed by atoms with Crippen LogP contribution in [0.2, 0.25) is 0 Å². The number of benzene rings is 1. The first-order valence-electron chi connectivity index (χ1n) is 11.6. The maximum Gasteiger partial charge on any atom is 0.251 e. The van der Waals surface area contributed by atoms with Gasteiger partial charge in [0.1, 0.15) is 12.4 Å². The van der Waals surface area contributed by atoms with Gasteiger partial charge in [-0.25, -0.2) is 19.3 Å². The monoisotopic (exact) mass is 495 g/mol. The third kappa shape index (κ3) is 5.98. The molecule has 0 aliphatic carbocycles. The summed E-state index contributed by atoms with van der Waals surface area (Å²) in [5.41, 5.74) is 1.20. The second-order valence-electron chi connectivity index (χ2n) is 8.67. The van der Waals surface area contributed by atoms with Crippen LogP contribution < -0.4 is 30.3 Å². The van der Waals surface area contributed by atoms with Gasteiger partial charge in [-0.2, -0.15) is 0 Å². The summed E-state index contributed by atoms with van der Waals surface area (Å²) in [6.45, 7) is 6.01. The molecule has 0 saturated carbocycles. The van der Waals surface area contributed by atoms with Gasteiger partial charge in [-0.3, -0.25) is 4.79 Å². The molecule has 36 heavy (non-hydrogen) atoms. The number of piperazine rings is 1. The van der Waals surface area contributed by atoms with Crippen LogP contribution in [0.4, 0.5) is 21.8 Å². The van der Waals surface area contributed by atoms with E-state index in [0.717, 1.165) is 24.6 Å². The molecule has 1 aliphatic heterocycles. The largest absolute Gasteiger partial charge is 0.494 e. The number of hydrogen-bond donors (Lipinski definition) is 3. The maximum atomic E-state index is 14.6. The third-order valence-corrected chi connectivity index (χ3v) is 5.73. The summed E-state index contributed by atoms with van der Waals surface area (Å²) < 4.78 is 25.3. The molecule has 0 radical (unpaired) electrons. The van der Waals surface area contributed by atoms with E-state index < -0.39 is 5.82 Å². The predicted octanol–water partition coefficient (Wildman–Crippen LogP) is 2.89. The van der Waals surface area contributed by atoms with Crippen molar-refractivity contribution in [3.63, 3.8) is 0 Å². The topological polar surface area (TPSA) is 114 Å². The lowest BCUT2D eigenvalue weighted by Gasteiger charge is -2.36. The fourth-order valence-electron chi connectivity index (χ4n) is 4.09. The molecule has 2 aromatic heterocycles. The maximum absolute atomic E-state index is 14.6. The number of anilines is 3. The quantitative estimate of drug-likeness (QED) is 0.434. The molecule has 190 valence electrons. The van der Waals surface area contributed by atoms with E-state index in [0.29, 0.717) is 23.8 Å². The highest BCUT2D eigenvalue weighted by Gasteiger charge is 2.21. The summed E-state index contributed by atoms with van der Waals surface area (Å²) in [5, 5.41) is 9.13. The molecule has 10 nitrogen and oxygen atoms in total. The summed E-state index contributed by atoms with van der Waals surface area (Å²) in [7, 11) is 2.84. The summed E-state index contributed by atoms with van der Waals surface area (Å²) in [6, 6.07) is 7.48. The Balaban J connectivity index is 1.37. The van der Waals surface area contributed by atoms with Crippen molar-refractivity contribution in [2.45, 2.75) is 32.5 Å². The van der Waals surface area contributed by atoms with Gasteiger partial charge >= 0.3 is 0 Å². The summed E-state index contributed by atoms with van der Waals surface area (Å²) >= 11 is 0. The van der Waals surface area contributed by atoms with Crippen LogP contribution in [0.15, 0.2) is 42.9 Å². The molecule has 1 aromatic carbocycles. The van der Waals surface area contributed by atoms with Crippen LogP contribution in [0.25, 0.3) is 0 Å². The predicted molar refractivity (Wildman–Crippen MR) is 134 cm³/mol. The van der Waals surface area contributed by atoms with Gasteiger partial charge in [-0.05, 0) is 38.1 Å². The minimum absolute atomic E-state index is 0.0360. The van der Waals surface area contributed by atoms with E-state index in [1.807, 2.05) is 12.1 Å². The number of amides is 1. The van der Waals surface area contributed by atoms with E-state index in [2.05, 4.69) is 49.6 Å². The molecule has 2 atom stereocenters. The SMILES string of the molecule is CNC(=O)c1cc(COc2cnc(Nc3ccc(N4C[C@@H](C)N[C@@H](C)C4)nc3)nc2)c(F)c(OC)c1. The van der Waals surface area contributed by atoms with Gasteiger partial charge in [0.05, 0.1) is 31.4 Å². The number of nitrogens with one attached hydrogen (secondary N) is 3. The van der Waals surface area contributed by atoms with Gasteiger partial charge in [0.15, 0.2) is 17.3 Å². The molecule has 1 amide bonds. The zero-order valence-corrected chi connectivity index (χ0v) is 20.7. The average molecular weight is 496 g/mol. The Morgan fingerprint density at radius 1 is 1.14 bits per heavy atom. The average Bonchev–Trinajstić information content (AvgIpc) is 2.88. The first-order valence-corrected chi connectivity index (χ1v) is 11.6. The van der Waals surface area contributed by atoms with Crippen LogP contribution in [0.5, 0.6) is 11.5 Å². The van der Waals surface area contributed by atoms with Crippen molar-refractivity contribution < 1.29 is 18.7 Å². The lowest BCUT2D eigenvalue weighted by molar-refractivity contribution is 0.0962. The van der Waals surface area contributed by atoms with Gasteiger partial charge in [-0.1, -0.05) is 0 Å². The highest BCUT2D eigenvalue weighted by atomic mass is 19.1. The Bertz CT molecular complexity index is 1180. The molecule has 4 rings (SSSR count). The number of rotatable bonds is 8. The van der Waals surface area contributed by atoms with Gasteiger partial charge in [-0.15, -0.1) is 0 Å². The van der Waals surface area contributed by atoms with E-state index in [1.54, 1.807) is 6.20 Å². The Labute approximate surface area is 209 Å². The number of hydrogen-bond acceptors (Lipinski definition) is 9. The van der Waals surface area contributed by atoms with E-state index >= 15 is 0 Å². The molecule has 1 saturated heterocycles. The molecule has 0 spiro atoms. The van der Waals surface area contributed by atoms with Crippen LogP contribution in [-0.2, 0) is 6.61 Å². The highest BCUT2D eigenvalue weighted by molar-refractivity contribution is 5.94. The molecule has 3 N–H and O–H groups in total. The molecular formula is C25H30FN7O3. The summed E-state index contributed by atoms with van der Waals surface area (Å²) in [6.07, 6.45) is 4.72. The number of pyridine rings is 1. The van der Waals surface area contributed by atoms with Crippen molar-refractivity contribution >= 4 is 23.4 Å². The molecule has 0 bridgehead atoms. The molecule has 1 fully saturated rings. The normalized spacial score (nSPS) is 17.4. The first-order chi connectivity index (χ1) is 17.4. The minimum atomic E-state index is -0.593. The van der Waals surface area contributed by atoms with Crippen molar-refractivity contribution in [1.82, 2.24) is 25.6 Å². The van der Waals surface area contributed by atoms with E-state index in [-0.39, 0.29) is 29.4 Å². The van der Waals surface area contributed by atoms with Crippen LogP contribution in [0, 0.1) is 5.82 Å². The number of nitrogens with zero attached hydrogens (tertiary/aromatic N) is 4. The Kier molecular flexibility index (Phi) is 7.79. The number of aromatic nitrogens is 3. The molecular weight excluding hydrogens is 465 g/mol. The number of carbonyl (C=O) groups is 1. The van der Waals surface area contributed by atoms with Crippen LogP contribution in [-0.4, -0.2) is 60.2 Å². The molecule has 3 aromatic rings. The molecule has 3 heterocycles. The fourth-order valence-corrected chi connectivity index (χ4v) is 4.09. The zero-order valence-electron chi connectivity index (χ0n) is 20.7. The van der Waals surface area contributed by atoms with Crippen molar-refractivity contribution in [1.29, 1.82) is 0 Å². The van der Waals surface area contributed by atoms with Crippen LogP contribution in [0.3, 0.4) is 0 Å². The fraction of sp³-hybridized carbons (Fsp3) is 0.360. The standard InChI is InChI=1S/C25H30FN7O3/c1-15-12-33(13-16(2)31-15)22-6-5-19(9-28-22)32-25-29-10-20(11-30-25)36-14-18-7-17(24(34)27-3)8-21(35-4)23(18)26/h5-11,15-16,31H,12-14H2,1-4H3,(H,27,34)(H,29,30,32)/t15-,16+. The Morgan fingerprint density at radius 2 is 1.86 bits per heavy atom. The van der Waals surface area contributed by atoms with Gasteiger partial charge in [0.2, 0.25) is 5.95 Å². The molecule has 1 aliphatic rings. The van der Waals surface area contributed by atoms with Crippen molar-refractivity contribution in [3.8, 4) is 11.5 Å². The van der Waals surface area contributed by atoms with E-state index in [9.17, 15) is 9.18 Å². The molecule has 11 heteroatoms.